The lowest BCUT2D eigenvalue weighted by Crippen LogP contribution is -2.33. The van der Waals surface area contributed by atoms with Crippen LogP contribution < -0.4 is 5.32 Å². The van der Waals surface area contributed by atoms with Gasteiger partial charge in [-0.25, -0.2) is 0 Å². The van der Waals surface area contributed by atoms with Crippen molar-refractivity contribution in [2.24, 2.45) is 5.92 Å². The summed E-state index contributed by atoms with van der Waals surface area (Å²) >= 11 is 0. The van der Waals surface area contributed by atoms with E-state index >= 15 is 0 Å². The van der Waals surface area contributed by atoms with Crippen LogP contribution in [0.15, 0.2) is 0 Å². The molecular weight excluding hydrogens is 166 g/mol. The third-order valence-electron chi connectivity index (χ3n) is 2.26. The van der Waals surface area contributed by atoms with Gasteiger partial charge in [0.2, 0.25) is 0 Å². The Kier molecular flexibility index (Phi) is 3.36. The average molecular weight is 183 g/mol. The number of hydrogen-bond donors (Lipinski definition) is 2. The number of aromatic nitrogens is 4. The molecule has 0 aliphatic carbocycles. The second kappa shape index (κ2) is 4.32. The predicted molar refractivity (Wildman–Crippen MR) is 50.0 cm³/mol. The maximum atomic E-state index is 3.92. The van der Waals surface area contributed by atoms with Crippen molar-refractivity contribution in [2.75, 3.05) is 0 Å². The van der Waals surface area contributed by atoms with Gasteiger partial charge in [-0.1, -0.05) is 19.1 Å². The van der Waals surface area contributed by atoms with E-state index in [4.69, 9.17) is 0 Å². The minimum atomic E-state index is 0.149. The maximum absolute atomic E-state index is 3.92. The number of rotatable bonds is 4. The van der Waals surface area contributed by atoms with E-state index in [1.54, 1.807) is 0 Å². The first-order valence-corrected chi connectivity index (χ1v) is 4.60. The summed E-state index contributed by atoms with van der Waals surface area (Å²) in [4.78, 5) is 0. The summed E-state index contributed by atoms with van der Waals surface area (Å²) in [6.45, 7) is 8.55. The third-order valence-corrected chi connectivity index (χ3v) is 2.26. The van der Waals surface area contributed by atoms with Crippen molar-refractivity contribution in [2.45, 2.75) is 39.8 Å². The molecule has 2 unspecified atom stereocenters. The highest BCUT2D eigenvalue weighted by Crippen LogP contribution is 2.08. The molecule has 1 heterocycles. The molecule has 0 fully saturated rings. The highest BCUT2D eigenvalue weighted by atomic mass is 15.5. The molecule has 0 amide bonds. The van der Waals surface area contributed by atoms with Gasteiger partial charge in [-0.15, -0.1) is 10.2 Å². The van der Waals surface area contributed by atoms with E-state index in [0.717, 1.165) is 0 Å². The molecule has 0 saturated heterocycles. The summed E-state index contributed by atoms with van der Waals surface area (Å²) in [5.74, 6) is 1.32. The minimum absolute atomic E-state index is 0.149. The fraction of sp³-hybridized carbons (Fsp3) is 0.875. The molecule has 0 aliphatic rings. The van der Waals surface area contributed by atoms with Crippen LogP contribution in [0.4, 0.5) is 0 Å². The van der Waals surface area contributed by atoms with Crippen LogP contribution in [0.3, 0.4) is 0 Å². The van der Waals surface area contributed by atoms with Gasteiger partial charge in [-0.2, -0.15) is 5.21 Å². The Morgan fingerprint density at radius 2 is 1.92 bits per heavy atom. The van der Waals surface area contributed by atoms with Gasteiger partial charge >= 0.3 is 0 Å². The normalized spacial score (nSPS) is 16.1. The second-order valence-corrected chi connectivity index (χ2v) is 3.69. The van der Waals surface area contributed by atoms with Crippen LogP contribution in [0.25, 0.3) is 0 Å². The summed E-state index contributed by atoms with van der Waals surface area (Å²) in [7, 11) is 0. The fourth-order valence-electron chi connectivity index (χ4n) is 1.01. The first-order chi connectivity index (χ1) is 6.11. The minimum Gasteiger partial charge on any atom is -0.305 e. The summed E-state index contributed by atoms with van der Waals surface area (Å²) in [6.07, 6.45) is 0. The first-order valence-electron chi connectivity index (χ1n) is 4.60. The van der Waals surface area contributed by atoms with Gasteiger partial charge in [0.05, 0.1) is 6.04 Å². The molecule has 1 aromatic heterocycles. The Hall–Kier alpha value is -0.970. The molecule has 5 heteroatoms. The summed E-state index contributed by atoms with van der Waals surface area (Å²) < 4.78 is 0. The van der Waals surface area contributed by atoms with Crippen molar-refractivity contribution in [1.82, 2.24) is 25.9 Å². The lowest BCUT2D eigenvalue weighted by molar-refractivity contribution is 0.381. The maximum Gasteiger partial charge on any atom is 0.191 e. The highest BCUT2D eigenvalue weighted by molar-refractivity contribution is 4.87. The van der Waals surface area contributed by atoms with Crippen LogP contribution in [-0.2, 0) is 0 Å². The van der Waals surface area contributed by atoms with Crippen molar-refractivity contribution in [3.8, 4) is 0 Å². The monoisotopic (exact) mass is 183 g/mol. The second-order valence-electron chi connectivity index (χ2n) is 3.69. The topological polar surface area (TPSA) is 66.5 Å². The van der Waals surface area contributed by atoms with Crippen molar-refractivity contribution in [1.29, 1.82) is 0 Å². The molecule has 0 aromatic carbocycles. The molecule has 0 saturated carbocycles. The largest absolute Gasteiger partial charge is 0.305 e. The van der Waals surface area contributed by atoms with Crippen molar-refractivity contribution >= 4 is 0 Å². The van der Waals surface area contributed by atoms with Gasteiger partial charge < -0.3 is 5.32 Å². The number of nitrogens with zero attached hydrogens (tertiary/aromatic N) is 3. The Morgan fingerprint density at radius 3 is 2.38 bits per heavy atom. The number of H-pyrrole nitrogens is 1. The average Bonchev–Trinajstić information content (AvgIpc) is 2.55. The van der Waals surface area contributed by atoms with E-state index in [1.807, 2.05) is 6.92 Å². The number of tetrazole rings is 1. The molecule has 0 spiro atoms. The van der Waals surface area contributed by atoms with Crippen LogP contribution in [0.5, 0.6) is 0 Å². The lowest BCUT2D eigenvalue weighted by Gasteiger charge is -2.20. The van der Waals surface area contributed by atoms with Gasteiger partial charge in [-0.05, 0) is 19.8 Å². The molecule has 5 nitrogen and oxygen atoms in total. The number of hydrogen-bond acceptors (Lipinski definition) is 4. The van der Waals surface area contributed by atoms with Gasteiger partial charge in [0.25, 0.3) is 0 Å². The van der Waals surface area contributed by atoms with E-state index in [0.29, 0.717) is 17.8 Å². The molecule has 1 rings (SSSR count). The molecular formula is C8H17N5. The van der Waals surface area contributed by atoms with E-state index in [1.165, 1.54) is 0 Å². The number of nitrogens with one attached hydrogen (secondary N) is 2. The Balaban J connectivity index is 2.46. The lowest BCUT2D eigenvalue weighted by atomic mass is 10.1. The van der Waals surface area contributed by atoms with Gasteiger partial charge in [0, 0.05) is 6.04 Å². The quantitative estimate of drug-likeness (QED) is 0.727. The molecule has 13 heavy (non-hydrogen) atoms. The van der Waals surface area contributed by atoms with Crippen LogP contribution in [-0.4, -0.2) is 26.7 Å². The molecule has 0 aliphatic heterocycles. The zero-order valence-corrected chi connectivity index (χ0v) is 8.57. The van der Waals surface area contributed by atoms with Crippen molar-refractivity contribution in [3.63, 3.8) is 0 Å². The van der Waals surface area contributed by atoms with Crippen LogP contribution in [0.2, 0.25) is 0 Å². The van der Waals surface area contributed by atoms with E-state index < -0.39 is 0 Å². The Morgan fingerprint density at radius 1 is 1.23 bits per heavy atom. The van der Waals surface area contributed by atoms with Gasteiger partial charge in [0.15, 0.2) is 5.82 Å². The molecule has 2 atom stereocenters. The van der Waals surface area contributed by atoms with Crippen molar-refractivity contribution in [3.05, 3.63) is 5.82 Å². The first kappa shape index (κ1) is 10.1. The zero-order valence-electron chi connectivity index (χ0n) is 8.57. The van der Waals surface area contributed by atoms with Gasteiger partial charge in [-0.3, -0.25) is 0 Å². The Labute approximate surface area is 78.3 Å². The van der Waals surface area contributed by atoms with Crippen LogP contribution >= 0.6 is 0 Å². The summed E-state index contributed by atoms with van der Waals surface area (Å²) in [5.41, 5.74) is 0. The highest BCUT2D eigenvalue weighted by Gasteiger charge is 2.14. The zero-order chi connectivity index (χ0) is 9.84. The van der Waals surface area contributed by atoms with E-state index in [-0.39, 0.29) is 6.04 Å². The van der Waals surface area contributed by atoms with Crippen LogP contribution in [0, 0.1) is 5.92 Å². The van der Waals surface area contributed by atoms with E-state index in [2.05, 4.69) is 46.7 Å². The van der Waals surface area contributed by atoms with Crippen molar-refractivity contribution < 1.29 is 0 Å². The van der Waals surface area contributed by atoms with E-state index in [9.17, 15) is 0 Å². The summed E-state index contributed by atoms with van der Waals surface area (Å²) in [5, 5.41) is 17.2. The van der Waals surface area contributed by atoms with Crippen LogP contribution in [0.1, 0.15) is 39.6 Å². The summed E-state index contributed by atoms with van der Waals surface area (Å²) in [6, 6.07) is 0.602. The molecule has 0 bridgehead atoms. The van der Waals surface area contributed by atoms with Gasteiger partial charge in [0.1, 0.15) is 0 Å². The Bertz CT molecular complexity index is 231. The third kappa shape index (κ3) is 2.77. The molecule has 2 N–H and O–H groups in total. The SMILES string of the molecule is CC(NC(C)C(C)C)c1nn[nH]n1. The molecule has 74 valence electrons. The molecule has 1 aromatic rings. The smallest absolute Gasteiger partial charge is 0.191 e. The fourth-order valence-corrected chi connectivity index (χ4v) is 1.01. The standard InChI is InChI=1S/C8H17N5/c1-5(2)6(3)9-7(4)8-10-12-13-11-8/h5-7,9H,1-4H3,(H,10,11,12,13). The molecule has 0 radical (unpaired) electrons. The number of aromatic amines is 1. The predicted octanol–water partition coefficient (Wildman–Crippen LogP) is 0.895.